The van der Waals surface area contributed by atoms with Crippen LogP contribution in [0, 0.1) is 31.6 Å². The summed E-state index contributed by atoms with van der Waals surface area (Å²) in [5.74, 6) is -0.107. The highest BCUT2D eigenvalue weighted by Gasteiger charge is 2.57. The number of rotatable bonds is 8. The van der Waals surface area contributed by atoms with Crippen LogP contribution in [0.15, 0.2) is 89.5 Å². The number of para-hydroxylation sites is 2. The Hall–Kier alpha value is -4.16. The molecule has 2 aliphatic heterocycles. The lowest BCUT2D eigenvalue weighted by Gasteiger charge is -2.31. The van der Waals surface area contributed by atoms with E-state index in [1.165, 1.54) is 10.5 Å². The maximum absolute atomic E-state index is 13.8. The van der Waals surface area contributed by atoms with E-state index in [0.29, 0.717) is 31.1 Å². The van der Waals surface area contributed by atoms with Crippen molar-refractivity contribution in [3.05, 3.63) is 106 Å². The Kier molecular flexibility index (Phi) is 7.74. The van der Waals surface area contributed by atoms with Crippen LogP contribution in [0.25, 0.3) is 6.08 Å². The van der Waals surface area contributed by atoms with Crippen LogP contribution in [-0.4, -0.2) is 36.2 Å². The molecule has 42 heavy (non-hydrogen) atoms. The van der Waals surface area contributed by atoms with Crippen molar-refractivity contribution in [2.75, 3.05) is 18.1 Å². The van der Waals surface area contributed by atoms with Gasteiger partial charge < -0.3 is 14.6 Å². The Morgan fingerprint density at radius 2 is 1.64 bits per heavy atom. The predicted octanol–water partition coefficient (Wildman–Crippen LogP) is 6.79. The van der Waals surface area contributed by atoms with Crippen molar-refractivity contribution in [1.29, 1.82) is 0 Å². The number of hydrogen-bond donors (Lipinski definition) is 1. The Morgan fingerprint density at radius 3 is 2.33 bits per heavy atom. The van der Waals surface area contributed by atoms with Crippen molar-refractivity contribution in [3.63, 3.8) is 0 Å². The van der Waals surface area contributed by atoms with Crippen LogP contribution in [0.4, 0.5) is 5.69 Å². The quantitative estimate of drug-likeness (QED) is 0.241. The van der Waals surface area contributed by atoms with E-state index in [2.05, 4.69) is 13.0 Å². The van der Waals surface area contributed by atoms with Gasteiger partial charge in [0.1, 0.15) is 18.1 Å². The SMILES string of the molecule is C/C(=C\c1cc(C)c(O)c(C)c1)CC[C@H]1OC[C@H]2C1=C(COc1ccccc1)C[C@H]1C(=O)N(c3ccccc3)C(=O)[C@H]12. The molecular weight excluding hydrogens is 526 g/mol. The van der Waals surface area contributed by atoms with Gasteiger partial charge in [0.25, 0.3) is 0 Å². The minimum absolute atomic E-state index is 0.125. The first-order valence-corrected chi connectivity index (χ1v) is 14.7. The second-order valence-corrected chi connectivity index (χ2v) is 11.8. The summed E-state index contributed by atoms with van der Waals surface area (Å²) in [6.45, 7) is 6.74. The van der Waals surface area contributed by atoms with E-state index in [0.717, 1.165) is 46.4 Å². The highest BCUT2D eigenvalue weighted by Crippen LogP contribution is 2.50. The molecule has 1 N–H and O–H groups in total. The normalized spacial score (nSPS) is 23.8. The number of phenolic OH excluding ortho intramolecular Hbond substituents is 1. The van der Waals surface area contributed by atoms with Crippen LogP contribution in [0.2, 0.25) is 0 Å². The average molecular weight is 564 g/mol. The molecule has 3 aliphatic rings. The molecule has 3 aromatic carbocycles. The van der Waals surface area contributed by atoms with Crippen molar-refractivity contribution in [1.82, 2.24) is 0 Å². The van der Waals surface area contributed by atoms with Crippen molar-refractivity contribution >= 4 is 23.6 Å². The van der Waals surface area contributed by atoms with E-state index in [1.807, 2.05) is 86.6 Å². The molecule has 0 aromatic heterocycles. The van der Waals surface area contributed by atoms with E-state index < -0.39 is 11.8 Å². The van der Waals surface area contributed by atoms with Gasteiger partial charge in [-0.05, 0) is 104 Å². The van der Waals surface area contributed by atoms with Gasteiger partial charge in [-0.25, -0.2) is 0 Å². The molecule has 2 saturated heterocycles. The third-order valence-electron chi connectivity index (χ3n) is 8.91. The first-order chi connectivity index (χ1) is 20.3. The first-order valence-electron chi connectivity index (χ1n) is 14.7. The number of hydrogen-bond acceptors (Lipinski definition) is 5. The standard InChI is InChI=1S/C36H37NO5/c1-22(16-25-17-23(2)34(38)24(3)18-25)14-15-31-32-26(20-41-28-12-8-5-9-13-28)19-29-33(30(32)21-42-31)36(40)37(35(29)39)27-10-6-4-7-11-27/h4-13,16-18,29-31,33,38H,14-15,19-21H2,1-3H3/b22-16+/t29-,30+,31-,33-/m1/s1. The predicted molar refractivity (Wildman–Crippen MR) is 163 cm³/mol. The number of amides is 2. The second-order valence-electron chi connectivity index (χ2n) is 11.8. The smallest absolute Gasteiger partial charge is 0.238 e. The lowest BCUT2D eigenvalue weighted by Crippen LogP contribution is -2.35. The molecular formula is C36H37NO5. The summed E-state index contributed by atoms with van der Waals surface area (Å²) in [5.41, 5.74) is 6.86. The third-order valence-corrected chi connectivity index (χ3v) is 8.91. The number of fused-ring (bicyclic) bond motifs is 3. The van der Waals surface area contributed by atoms with E-state index in [9.17, 15) is 14.7 Å². The van der Waals surface area contributed by atoms with Crippen LogP contribution in [-0.2, 0) is 14.3 Å². The summed E-state index contributed by atoms with van der Waals surface area (Å²) in [6, 6.07) is 22.9. The molecule has 2 heterocycles. The van der Waals surface area contributed by atoms with Crippen LogP contribution < -0.4 is 9.64 Å². The molecule has 0 unspecified atom stereocenters. The van der Waals surface area contributed by atoms with Gasteiger partial charge in [-0.15, -0.1) is 0 Å². The molecule has 4 atom stereocenters. The fourth-order valence-electron chi connectivity index (χ4n) is 6.91. The number of allylic oxidation sites excluding steroid dienone is 1. The Balaban J connectivity index is 1.26. The van der Waals surface area contributed by atoms with Gasteiger partial charge in [-0.3, -0.25) is 14.5 Å². The van der Waals surface area contributed by atoms with Gasteiger partial charge in [0.05, 0.1) is 30.2 Å². The summed E-state index contributed by atoms with van der Waals surface area (Å²) in [6.07, 6.45) is 4.13. The molecule has 0 radical (unpaired) electrons. The Morgan fingerprint density at radius 1 is 0.976 bits per heavy atom. The Bertz CT molecular complexity index is 1540. The van der Waals surface area contributed by atoms with E-state index in [4.69, 9.17) is 9.47 Å². The van der Waals surface area contributed by atoms with Crippen molar-refractivity contribution in [2.24, 2.45) is 17.8 Å². The number of aromatic hydroxyl groups is 1. The molecule has 0 spiro atoms. The molecule has 6 rings (SSSR count). The van der Waals surface area contributed by atoms with Crippen molar-refractivity contribution < 1.29 is 24.2 Å². The van der Waals surface area contributed by atoms with E-state index in [-0.39, 0.29) is 23.8 Å². The summed E-state index contributed by atoms with van der Waals surface area (Å²) in [5, 5.41) is 10.1. The zero-order valence-electron chi connectivity index (χ0n) is 24.4. The van der Waals surface area contributed by atoms with Gasteiger partial charge in [-0.1, -0.05) is 48.0 Å². The fraction of sp³-hybridized carbons (Fsp3) is 0.333. The summed E-state index contributed by atoms with van der Waals surface area (Å²) in [7, 11) is 0. The van der Waals surface area contributed by atoms with Crippen molar-refractivity contribution in [3.8, 4) is 11.5 Å². The van der Waals surface area contributed by atoms with Crippen molar-refractivity contribution in [2.45, 2.75) is 46.1 Å². The fourth-order valence-corrected chi connectivity index (χ4v) is 6.91. The zero-order valence-corrected chi connectivity index (χ0v) is 24.4. The van der Waals surface area contributed by atoms with Crippen LogP contribution in [0.1, 0.15) is 42.9 Å². The number of ether oxygens (including phenoxy) is 2. The number of aryl methyl sites for hydroxylation is 2. The number of anilines is 1. The topological polar surface area (TPSA) is 76.1 Å². The number of carbonyl (C=O) groups excluding carboxylic acids is 2. The van der Waals surface area contributed by atoms with Gasteiger partial charge in [-0.2, -0.15) is 0 Å². The average Bonchev–Trinajstić information content (AvgIpc) is 3.52. The maximum Gasteiger partial charge on any atom is 0.238 e. The second kappa shape index (κ2) is 11.6. The largest absolute Gasteiger partial charge is 0.507 e. The zero-order chi connectivity index (χ0) is 29.4. The van der Waals surface area contributed by atoms with Crippen LogP contribution in [0.5, 0.6) is 11.5 Å². The minimum Gasteiger partial charge on any atom is -0.507 e. The molecule has 1 aliphatic carbocycles. The molecule has 0 bridgehead atoms. The summed E-state index contributed by atoms with van der Waals surface area (Å²) in [4.78, 5) is 28.9. The molecule has 6 heteroatoms. The Labute approximate surface area is 247 Å². The lowest BCUT2D eigenvalue weighted by atomic mass is 9.69. The highest BCUT2D eigenvalue weighted by atomic mass is 16.5. The molecule has 216 valence electrons. The monoisotopic (exact) mass is 563 g/mol. The summed E-state index contributed by atoms with van der Waals surface area (Å²) >= 11 is 0. The van der Waals surface area contributed by atoms with Gasteiger partial charge in [0, 0.05) is 5.92 Å². The third kappa shape index (κ3) is 5.27. The molecule has 2 amide bonds. The highest BCUT2D eigenvalue weighted by molar-refractivity contribution is 6.22. The number of nitrogens with zero attached hydrogens (tertiary/aromatic N) is 1. The van der Waals surface area contributed by atoms with Crippen LogP contribution >= 0.6 is 0 Å². The molecule has 0 saturated carbocycles. The molecule has 6 nitrogen and oxygen atoms in total. The summed E-state index contributed by atoms with van der Waals surface area (Å²) < 4.78 is 12.6. The maximum atomic E-state index is 13.8. The number of imide groups is 1. The van der Waals surface area contributed by atoms with Crippen LogP contribution in [0.3, 0.4) is 0 Å². The number of carbonyl (C=O) groups is 2. The van der Waals surface area contributed by atoms with E-state index in [1.54, 1.807) is 0 Å². The molecule has 2 fully saturated rings. The van der Waals surface area contributed by atoms with Gasteiger partial charge in [0.15, 0.2) is 0 Å². The molecule has 3 aromatic rings. The first kappa shape index (κ1) is 28.0. The number of phenols is 1. The lowest BCUT2D eigenvalue weighted by molar-refractivity contribution is -0.122. The van der Waals surface area contributed by atoms with Gasteiger partial charge in [0.2, 0.25) is 11.8 Å². The number of benzene rings is 3. The van der Waals surface area contributed by atoms with E-state index >= 15 is 0 Å². The van der Waals surface area contributed by atoms with Gasteiger partial charge >= 0.3 is 0 Å². The minimum atomic E-state index is -0.419.